The van der Waals surface area contributed by atoms with Crippen molar-refractivity contribution in [2.75, 3.05) is 19.7 Å². The molecule has 1 unspecified atom stereocenters. The number of alkyl carbamates (subject to hydrolysis) is 1. The second kappa shape index (κ2) is 9.69. The predicted molar refractivity (Wildman–Crippen MR) is 125 cm³/mol. The lowest BCUT2D eigenvalue weighted by Crippen LogP contribution is -2.55. The highest BCUT2D eigenvalue weighted by molar-refractivity contribution is 5.86. The van der Waals surface area contributed by atoms with Gasteiger partial charge < -0.3 is 25.2 Å². The van der Waals surface area contributed by atoms with E-state index in [0.717, 1.165) is 22.3 Å². The first-order valence-corrected chi connectivity index (χ1v) is 11.3. The molecule has 0 bridgehead atoms. The maximum Gasteiger partial charge on any atom is 0.407 e. The number of piperidine rings is 1. The van der Waals surface area contributed by atoms with Crippen LogP contribution in [0.4, 0.5) is 4.79 Å². The second-order valence-electron chi connectivity index (χ2n) is 8.71. The largest absolute Gasteiger partial charge is 0.479 e. The molecule has 178 valence electrons. The number of carbonyl (C=O) groups is 3. The van der Waals surface area contributed by atoms with Gasteiger partial charge in [-0.25, -0.2) is 9.59 Å². The highest BCUT2D eigenvalue weighted by Crippen LogP contribution is 2.44. The first kappa shape index (κ1) is 23.5. The van der Waals surface area contributed by atoms with Crippen molar-refractivity contribution in [1.29, 1.82) is 0 Å². The van der Waals surface area contributed by atoms with E-state index >= 15 is 0 Å². The Balaban J connectivity index is 1.38. The van der Waals surface area contributed by atoms with Gasteiger partial charge in [0, 0.05) is 31.8 Å². The Morgan fingerprint density at radius 3 is 2.18 bits per heavy atom. The Hall–Kier alpha value is -3.65. The highest BCUT2D eigenvalue weighted by atomic mass is 16.5. The Bertz CT molecular complexity index is 1060. The number of fused-ring (bicyclic) bond motifs is 3. The van der Waals surface area contributed by atoms with E-state index in [1.54, 1.807) is 0 Å². The number of hydrogen-bond donors (Lipinski definition) is 3. The average molecular weight is 465 g/mol. The van der Waals surface area contributed by atoms with Crippen molar-refractivity contribution in [3.8, 4) is 11.1 Å². The molecule has 4 rings (SSSR count). The molecule has 0 radical (unpaired) electrons. The van der Waals surface area contributed by atoms with Gasteiger partial charge in [-0.1, -0.05) is 54.6 Å². The monoisotopic (exact) mass is 464 g/mol. The standard InChI is InChI=1S/C26H28N2O6/c1-2-7-22(23(29)28-14-12-26(33,13-15-28)24(30)31)27-25(32)34-16-21-19-10-5-3-8-17(19)18-9-4-6-11-20(18)21/h2-6,8-11,21-22,33H,1,7,12-16H2,(H,27,32)(H,30,31). The van der Waals surface area contributed by atoms with Crippen molar-refractivity contribution in [2.45, 2.75) is 36.8 Å². The summed E-state index contributed by atoms with van der Waals surface area (Å²) in [5.41, 5.74) is 2.60. The molecule has 2 aromatic carbocycles. The highest BCUT2D eigenvalue weighted by Gasteiger charge is 2.41. The number of amides is 2. The molecule has 2 aliphatic rings. The Morgan fingerprint density at radius 1 is 1.09 bits per heavy atom. The van der Waals surface area contributed by atoms with Crippen LogP contribution >= 0.6 is 0 Å². The number of nitrogens with one attached hydrogen (secondary N) is 1. The average Bonchev–Trinajstić information content (AvgIpc) is 3.16. The van der Waals surface area contributed by atoms with E-state index < -0.39 is 23.7 Å². The lowest BCUT2D eigenvalue weighted by atomic mass is 9.91. The number of carboxylic acid groups (broad SMARTS) is 1. The van der Waals surface area contributed by atoms with Crippen LogP contribution in [0.5, 0.6) is 0 Å². The number of benzene rings is 2. The molecule has 34 heavy (non-hydrogen) atoms. The van der Waals surface area contributed by atoms with E-state index in [1.807, 2.05) is 36.4 Å². The number of aliphatic carboxylic acids is 1. The molecule has 1 saturated heterocycles. The van der Waals surface area contributed by atoms with Gasteiger partial charge in [0.25, 0.3) is 0 Å². The van der Waals surface area contributed by atoms with E-state index in [0.29, 0.717) is 0 Å². The lowest BCUT2D eigenvalue weighted by Gasteiger charge is -2.36. The minimum atomic E-state index is -1.83. The van der Waals surface area contributed by atoms with Gasteiger partial charge in [0.05, 0.1) is 0 Å². The van der Waals surface area contributed by atoms with Crippen molar-refractivity contribution < 1.29 is 29.3 Å². The molecule has 0 spiro atoms. The van der Waals surface area contributed by atoms with Crippen LogP contribution in [0.1, 0.15) is 36.3 Å². The maximum atomic E-state index is 13.0. The SMILES string of the molecule is C=CCC(NC(=O)OCC1c2ccccc2-c2ccccc21)C(=O)N1CCC(O)(C(=O)O)CC1. The van der Waals surface area contributed by atoms with Crippen LogP contribution in [0, 0.1) is 0 Å². The predicted octanol–water partition coefficient (Wildman–Crippen LogP) is 2.91. The number of nitrogens with zero attached hydrogens (tertiary/aromatic N) is 1. The van der Waals surface area contributed by atoms with Crippen LogP contribution in [-0.4, -0.2) is 64.4 Å². The molecule has 1 atom stereocenters. The lowest BCUT2D eigenvalue weighted by molar-refractivity contribution is -0.165. The third kappa shape index (κ3) is 4.54. The molecule has 8 heteroatoms. The molecule has 1 fully saturated rings. The Kier molecular flexibility index (Phi) is 6.70. The van der Waals surface area contributed by atoms with Gasteiger partial charge in [-0.2, -0.15) is 0 Å². The molecule has 1 aliphatic heterocycles. The van der Waals surface area contributed by atoms with Gasteiger partial charge in [0.1, 0.15) is 12.6 Å². The number of aliphatic hydroxyl groups is 1. The molecule has 3 N–H and O–H groups in total. The van der Waals surface area contributed by atoms with Crippen LogP contribution in [0.3, 0.4) is 0 Å². The van der Waals surface area contributed by atoms with Gasteiger partial charge in [0.15, 0.2) is 5.60 Å². The smallest absolute Gasteiger partial charge is 0.407 e. The minimum Gasteiger partial charge on any atom is -0.479 e. The molecular weight excluding hydrogens is 436 g/mol. The Labute approximate surface area is 197 Å². The third-order valence-corrected chi connectivity index (χ3v) is 6.64. The van der Waals surface area contributed by atoms with Crippen LogP contribution in [0.25, 0.3) is 11.1 Å². The summed E-state index contributed by atoms with van der Waals surface area (Å²) in [5, 5.41) is 21.9. The molecule has 2 aromatic rings. The minimum absolute atomic E-state index is 0.0696. The van der Waals surface area contributed by atoms with Crippen LogP contribution in [0.15, 0.2) is 61.2 Å². The van der Waals surface area contributed by atoms with Crippen molar-refractivity contribution in [2.24, 2.45) is 0 Å². The Morgan fingerprint density at radius 2 is 1.65 bits per heavy atom. The van der Waals surface area contributed by atoms with E-state index in [4.69, 9.17) is 9.84 Å². The number of ether oxygens (including phenoxy) is 1. The molecule has 2 amide bonds. The number of hydrogen-bond acceptors (Lipinski definition) is 5. The van der Waals surface area contributed by atoms with Gasteiger partial charge in [0.2, 0.25) is 5.91 Å². The van der Waals surface area contributed by atoms with Crippen LogP contribution in [-0.2, 0) is 14.3 Å². The normalized spacial score (nSPS) is 17.3. The maximum absolute atomic E-state index is 13.0. The van der Waals surface area contributed by atoms with E-state index in [2.05, 4.69) is 24.0 Å². The molecule has 0 saturated carbocycles. The quantitative estimate of drug-likeness (QED) is 0.543. The summed E-state index contributed by atoms with van der Waals surface area (Å²) in [4.78, 5) is 38.3. The fraction of sp³-hybridized carbons (Fsp3) is 0.346. The van der Waals surface area contributed by atoms with Gasteiger partial charge >= 0.3 is 12.1 Å². The summed E-state index contributed by atoms with van der Waals surface area (Å²) in [6.07, 6.45) is 0.882. The van der Waals surface area contributed by atoms with Crippen molar-refractivity contribution in [3.63, 3.8) is 0 Å². The van der Waals surface area contributed by atoms with Gasteiger partial charge in [-0.3, -0.25) is 4.79 Å². The topological polar surface area (TPSA) is 116 Å². The number of rotatable bonds is 7. The molecule has 1 aliphatic carbocycles. The number of likely N-dealkylation sites (tertiary alicyclic amines) is 1. The summed E-state index contributed by atoms with van der Waals surface area (Å²) < 4.78 is 5.55. The summed E-state index contributed by atoms with van der Waals surface area (Å²) in [6, 6.07) is 15.2. The second-order valence-corrected chi connectivity index (χ2v) is 8.71. The summed E-state index contributed by atoms with van der Waals surface area (Å²) in [7, 11) is 0. The zero-order valence-corrected chi connectivity index (χ0v) is 18.8. The van der Waals surface area contributed by atoms with Gasteiger partial charge in [-0.15, -0.1) is 6.58 Å². The summed E-state index contributed by atoms with van der Waals surface area (Å²) in [6.45, 7) is 3.96. The van der Waals surface area contributed by atoms with Gasteiger partial charge in [-0.05, 0) is 28.7 Å². The zero-order valence-electron chi connectivity index (χ0n) is 18.8. The molecule has 1 heterocycles. The first-order valence-electron chi connectivity index (χ1n) is 11.3. The fourth-order valence-electron chi connectivity index (χ4n) is 4.70. The molecular formula is C26H28N2O6. The molecule has 0 aromatic heterocycles. The summed E-state index contributed by atoms with van der Waals surface area (Å²) >= 11 is 0. The molecule has 8 nitrogen and oxygen atoms in total. The van der Waals surface area contributed by atoms with E-state index in [-0.39, 0.29) is 50.8 Å². The summed E-state index contributed by atoms with van der Waals surface area (Å²) in [5.74, 6) is -1.75. The van der Waals surface area contributed by atoms with Crippen molar-refractivity contribution >= 4 is 18.0 Å². The first-order chi connectivity index (χ1) is 16.3. The van der Waals surface area contributed by atoms with Crippen LogP contribution < -0.4 is 5.32 Å². The van der Waals surface area contributed by atoms with Crippen molar-refractivity contribution in [1.82, 2.24) is 10.2 Å². The number of carboxylic acids is 1. The van der Waals surface area contributed by atoms with E-state index in [1.165, 1.54) is 11.0 Å². The fourth-order valence-corrected chi connectivity index (χ4v) is 4.70. The third-order valence-electron chi connectivity index (χ3n) is 6.64. The van der Waals surface area contributed by atoms with Crippen molar-refractivity contribution in [3.05, 3.63) is 72.3 Å². The van der Waals surface area contributed by atoms with Crippen LogP contribution in [0.2, 0.25) is 0 Å². The van der Waals surface area contributed by atoms with E-state index in [9.17, 15) is 19.5 Å². The zero-order chi connectivity index (χ0) is 24.3. The number of carbonyl (C=O) groups excluding carboxylic acids is 2.